The monoisotopic (exact) mass is 435 g/mol. The van der Waals surface area contributed by atoms with Crippen molar-refractivity contribution in [2.45, 2.75) is 44.3 Å². The van der Waals surface area contributed by atoms with E-state index in [0.29, 0.717) is 5.56 Å². The maximum absolute atomic E-state index is 14.1. The van der Waals surface area contributed by atoms with E-state index in [0.717, 1.165) is 48.1 Å². The number of urea groups is 1. The minimum absolute atomic E-state index is 0.00653. The molecule has 168 valence electrons. The van der Waals surface area contributed by atoms with Crippen molar-refractivity contribution >= 4 is 28.4 Å². The van der Waals surface area contributed by atoms with Crippen molar-refractivity contribution in [1.29, 1.82) is 0 Å². The Bertz CT molecular complexity index is 1090. The van der Waals surface area contributed by atoms with Crippen molar-refractivity contribution in [2.75, 3.05) is 24.3 Å². The molecule has 0 radical (unpaired) electrons. The van der Waals surface area contributed by atoms with E-state index in [1.807, 2.05) is 32.3 Å². The van der Waals surface area contributed by atoms with Gasteiger partial charge in [-0.15, -0.1) is 0 Å². The number of fused-ring (bicyclic) bond motifs is 1. The number of rotatable bonds is 6. The minimum Gasteiger partial charge on any atom is -0.377 e. The number of aromatic nitrogens is 1. The number of primary amides is 1. The highest BCUT2D eigenvalue weighted by atomic mass is 19.1. The average Bonchev–Trinajstić information content (AvgIpc) is 2.78. The Morgan fingerprint density at radius 2 is 1.78 bits per heavy atom. The molecule has 3 N–H and O–H groups in total. The minimum atomic E-state index is -0.503. The molecule has 6 nitrogen and oxygen atoms in total. The smallest absolute Gasteiger partial charge is 0.315 e. The third-order valence-electron chi connectivity index (χ3n) is 6.25. The van der Waals surface area contributed by atoms with Crippen molar-refractivity contribution < 1.29 is 9.18 Å². The molecule has 32 heavy (non-hydrogen) atoms. The zero-order valence-corrected chi connectivity index (χ0v) is 18.6. The number of nitrogens with two attached hydrogens (primary N) is 1. The summed E-state index contributed by atoms with van der Waals surface area (Å²) in [6, 6.07) is 16.5. The predicted molar refractivity (Wildman–Crippen MR) is 127 cm³/mol. The maximum Gasteiger partial charge on any atom is 0.315 e. The van der Waals surface area contributed by atoms with Crippen LogP contribution in [0, 0.1) is 5.82 Å². The van der Waals surface area contributed by atoms with E-state index in [9.17, 15) is 9.18 Å². The van der Waals surface area contributed by atoms with Crippen LogP contribution in [-0.4, -0.2) is 42.1 Å². The molecule has 2 amide bonds. The number of benzene rings is 2. The van der Waals surface area contributed by atoms with Gasteiger partial charge in [0.15, 0.2) is 0 Å². The van der Waals surface area contributed by atoms with Crippen LogP contribution < -0.4 is 16.0 Å². The zero-order valence-electron chi connectivity index (χ0n) is 18.6. The van der Waals surface area contributed by atoms with Gasteiger partial charge in [0.1, 0.15) is 11.6 Å². The third-order valence-corrected chi connectivity index (χ3v) is 6.25. The Hall–Kier alpha value is -3.35. The first-order valence-electron chi connectivity index (χ1n) is 11.1. The normalized spacial score (nSPS) is 18.3. The van der Waals surface area contributed by atoms with Crippen LogP contribution in [0.3, 0.4) is 0 Å². The Labute approximate surface area is 188 Å². The summed E-state index contributed by atoms with van der Waals surface area (Å²) in [5.41, 5.74) is 8.22. The predicted octanol–water partition coefficient (Wildman–Crippen LogP) is 4.74. The summed E-state index contributed by atoms with van der Waals surface area (Å²) in [6.45, 7) is 0.198. The van der Waals surface area contributed by atoms with Crippen LogP contribution >= 0.6 is 0 Å². The number of carbonyl (C=O) groups is 1. The molecular formula is C25H30FN5O. The largest absolute Gasteiger partial charge is 0.377 e. The molecule has 0 aliphatic heterocycles. The summed E-state index contributed by atoms with van der Waals surface area (Å²) in [5, 5.41) is 4.71. The van der Waals surface area contributed by atoms with E-state index in [1.54, 1.807) is 23.1 Å². The van der Waals surface area contributed by atoms with Crippen LogP contribution in [0.4, 0.5) is 20.7 Å². The molecule has 3 aromatic rings. The van der Waals surface area contributed by atoms with Gasteiger partial charge in [-0.2, -0.15) is 0 Å². The van der Waals surface area contributed by atoms with Gasteiger partial charge >= 0.3 is 6.03 Å². The van der Waals surface area contributed by atoms with Gasteiger partial charge in [0.05, 0.1) is 12.1 Å². The van der Waals surface area contributed by atoms with Gasteiger partial charge < -0.3 is 20.9 Å². The van der Waals surface area contributed by atoms with E-state index in [4.69, 9.17) is 10.7 Å². The highest BCUT2D eigenvalue weighted by Crippen LogP contribution is 2.30. The topological polar surface area (TPSA) is 74.5 Å². The highest BCUT2D eigenvalue weighted by Gasteiger charge is 2.28. The number of amides is 2. The Morgan fingerprint density at radius 1 is 1.09 bits per heavy atom. The molecule has 2 aromatic carbocycles. The molecule has 0 spiro atoms. The number of halogens is 1. The first-order valence-corrected chi connectivity index (χ1v) is 11.1. The van der Waals surface area contributed by atoms with Crippen LogP contribution in [0.1, 0.15) is 31.2 Å². The quantitative estimate of drug-likeness (QED) is 0.586. The summed E-state index contributed by atoms with van der Waals surface area (Å²) in [6.07, 6.45) is 3.39. The first kappa shape index (κ1) is 21.9. The Balaban J connectivity index is 1.43. The van der Waals surface area contributed by atoms with E-state index in [2.05, 4.69) is 22.3 Å². The number of hydrogen-bond donors (Lipinski definition) is 2. The van der Waals surface area contributed by atoms with Crippen LogP contribution in [0.2, 0.25) is 0 Å². The van der Waals surface area contributed by atoms with Gasteiger partial charge in [-0.25, -0.2) is 14.2 Å². The fourth-order valence-electron chi connectivity index (χ4n) is 4.54. The molecule has 7 heteroatoms. The lowest BCUT2D eigenvalue weighted by Gasteiger charge is -2.36. The molecule has 1 saturated carbocycles. The molecule has 0 saturated heterocycles. The lowest BCUT2D eigenvalue weighted by molar-refractivity contribution is 0.155. The first-order chi connectivity index (χ1) is 15.4. The zero-order chi connectivity index (χ0) is 22.7. The maximum atomic E-state index is 14.1. The number of anilines is 2. The molecule has 1 fully saturated rings. The number of para-hydroxylation sites is 1. The van der Waals surface area contributed by atoms with Gasteiger partial charge in [-0.1, -0.05) is 36.4 Å². The van der Waals surface area contributed by atoms with Crippen molar-refractivity contribution in [2.24, 2.45) is 5.73 Å². The fourth-order valence-corrected chi connectivity index (χ4v) is 4.54. The van der Waals surface area contributed by atoms with Crippen molar-refractivity contribution in [1.82, 2.24) is 9.88 Å². The second-order valence-corrected chi connectivity index (χ2v) is 8.65. The molecule has 0 unspecified atom stereocenters. The van der Waals surface area contributed by atoms with E-state index >= 15 is 0 Å². The summed E-state index contributed by atoms with van der Waals surface area (Å²) < 4.78 is 14.1. The standard InChI is InChI=1S/C25H30FN5O/c1-30(2)23-15-24(29-22-10-6-4-8-20(22)23)28-18-11-13-19(14-12-18)31(25(27)32)16-17-7-3-5-9-21(17)26/h3-10,15,18-19H,11-14,16H2,1-2H3,(H2,27,32)(H,28,29). The van der Waals surface area contributed by atoms with Crippen LogP contribution in [-0.2, 0) is 6.54 Å². The second kappa shape index (κ2) is 9.42. The van der Waals surface area contributed by atoms with Crippen LogP contribution in [0.25, 0.3) is 10.9 Å². The number of nitrogens with one attached hydrogen (secondary N) is 1. The lowest BCUT2D eigenvalue weighted by atomic mass is 9.90. The van der Waals surface area contributed by atoms with Crippen molar-refractivity contribution in [3.8, 4) is 0 Å². The molecule has 4 rings (SSSR count). The van der Waals surface area contributed by atoms with Gasteiger partial charge in [-0.3, -0.25) is 0 Å². The van der Waals surface area contributed by atoms with E-state index in [1.165, 1.54) is 6.07 Å². The Morgan fingerprint density at radius 3 is 2.47 bits per heavy atom. The average molecular weight is 436 g/mol. The van der Waals surface area contributed by atoms with Crippen LogP contribution in [0.15, 0.2) is 54.6 Å². The summed E-state index contributed by atoms with van der Waals surface area (Å²) in [5.74, 6) is 0.544. The summed E-state index contributed by atoms with van der Waals surface area (Å²) >= 11 is 0. The highest BCUT2D eigenvalue weighted by molar-refractivity contribution is 5.93. The van der Waals surface area contributed by atoms with Crippen LogP contribution in [0.5, 0.6) is 0 Å². The summed E-state index contributed by atoms with van der Waals surface area (Å²) in [4.78, 5) is 20.6. The number of pyridine rings is 1. The molecule has 1 heterocycles. The Kier molecular flexibility index (Phi) is 6.44. The van der Waals surface area contributed by atoms with E-state index < -0.39 is 6.03 Å². The van der Waals surface area contributed by atoms with Gasteiger partial charge in [0.25, 0.3) is 0 Å². The van der Waals surface area contributed by atoms with E-state index in [-0.39, 0.29) is 24.4 Å². The fraction of sp³-hybridized carbons (Fsp3) is 0.360. The number of carbonyl (C=O) groups excluding carboxylic acids is 1. The molecular weight excluding hydrogens is 405 g/mol. The van der Waals surface area contributed by atoms with Crippen molar-refractivity contribution in [3.63, 3.8) is 0 Å². The summed E-state index contributed by atoms with van der Waals surface area (Å²) in [7, 11) is 4.06. The van der Waals surface area contributed by atoms with Gasteiger partial charge in [0.2, 0.25) is 0 Å². The van der Waals surface area contributed by atoms with Gasteiger partial charge in [0, 0.05) is 48.9 Å². The molecule has 1 aliphatic rings. The third kappa shape index (κ3) is 4.77. The number of hydrogen-bond acceptors (Lipinski definition) is 4. The second-order valence-electron chi connectivity index (χ2n) is 8.65. The molecule has 0 atom stereocenters. The van der Waals surface area contributed by atoms with Crippen molar-refractivity contribution in [3.05, 3.63) is 66.0 Å². The molecule has 0 bridgehead atoms. The number of nitrogens with zero attached hydrogens (tertiary/aromatic N) is 3. The lowest BCUT2D eigenvalue weighted by Crippen LogP contribution is -2.46. The SMILES string of the molecule is CN(C)c1cc(NC2CCC(N(Cc3ccccc3F)C(N)=O)CC2)nc2ccccc12. The molecule has 1 aromatic heterocycles. The molecule has 1 aliphatic carbocycles. The van der Waals surface area contributed by atoms with Gasteiger partial charge in [-0.05, 0) is 37.8 Å².